The summed E-state index contributed by atoms with van der Waals surface area (Å²) in [5.41, 5.74) is 1.42. The van der Waals surface area contributed by atoms with Gasteiger partial charge in [-0.1, -0.05) is 18.2 Å². The van der Waals surface area contributed by atoms with Gasteiger partial charge in [0.25, 0.3) is 5.91 Å². The fourth-order valence-electron chi connectivity index (χ4n) is 1.65. The van der Waals surface area contributed by atoms with Crippen molar-refractivity contribution < 1.29 is 19.1 Å². The summed E-state index contributed by atoms with van der Waals surface area (Å²) in [6, 6.07) is 8.93. The van der Waals surface area contributed by atoms with Crippen LogP contribution in [-0.2, 0) is 25.5 Å². The largest absolute Gasteiger partial charge is 0.451 e. The molecule has 0 spiro atoms. The lowest BCUT2D eigenvalue weighted by molar-refractivity contribution is -0.163. The summed E-state index contributed by atoms with van der Waals surface area (Å²) in [5, 5.41) is 11.2. The van der Waals surface area contributed by atoms with Crippen molar-refractivity contribution in [1.82, 2.24) is 0 Å². The van der Waals surface area contributed by atoms with Gasteiger partial charge in [-0.25, -0.2) is 4.79 Å². The van der Waals surface area contributed by atoms with E-state index in [0.29, 0.717) is 12.1 Å². The van der Waals surface area contributed by atoms with Gasteiger partial charge in [0, 0.05) is 5.69 Å². The summed E-state index contributed by atoms with van der Waals surface area (Å²) in [4.78, 5) is 23.7. The zero-order chi connectivity index (χ0) is 17.2. The molecule has 2 unspecified atom stereocenters. The molecule has 1 aromatic rings. The number of carbonyl (C=O) groups is 2. The van der Waals surface area contributed by atoms with Crippen molar-refractivity contribution in [3.05, 3.63) is 42.5 Å². The van der Waals surface area contributed by atoms with Crippen LogP contribution in [0.25, 0.3) is 0 Å². The van der Waals surface area contributed by atoms with Gasteiger partial charge in [-0.2, -0.15) is 5.26 Å². The Morgan fingerprint density at radius 3 is 2.52 bits per heavy atom. The van der Waals surface area contributed by atoms with Gasteiger partial charge in [-0.05, 0) is 31.5 Å². The van der Waals surface area contributed by atoms with E-state index in [0.717, 1.165) is 5.56 Å². The number of rotatable bonds is 8. The minimum Gasteiger partial charge on any atom is -0.451 e. The minimum absolute atomic E-state index is 0.228. The predicted molar refractivity (Wildman–Crippen MR) is 85.6 cm³/mol. The third-order valence-corrected chi connectivity index (χ3v) is 2.96. The monoisotopic (exact) mass is 316 g/mol. The second-order valence-electron chi connectivity index (χ2n) is 4.86. The summed E-state index contributed by atoms with van der Waals surface area (Å²) in [6.07, 6.45) is 0.116. The van der Waals surface area contributed by atoms with Crippen LogP contribution in [0.5, 0.6) is 0 Å². The Kier molecular flexibility index (Phi) is 7.51. The first kappa shape index (κ1) is 18.4. The number of esters is 1. The fraction of sp³-hybridized carbons (Fsp3) is 0.353. The zero-order valence-corrected chi connectivity index (χ0v) is 13.2. The van der Waals surface area contributed by atoms with E-state index in [1.807, 2.05) is 6.07 Å². The van der Waals surface area contributed by atoms with Crippen molar-refractivity contribution in [3.8, 4) is 6.07 Å². The number of hydrogen-bond acceptors (Lipinski definition) is 5. The van der Waals surface area contributed by atoms with E-state index >= 15 is 0 Å². The van der Waals surface area contributed by atoms with E-state index in [2.05, 4.69) is 11.9 Å². The number of nitrogens with one attached hydrogen (secondary N) is 1. The molecule has 0 fully saturated rings. The Morgan fingerprint density at radius 2 is 1.96 bits per heavy atom. The number of carbonyl (C=O) groups excluding carboxylic acids is 2. The molecule has 0 bridgehead atoms. The molecule has 1 rings (SSSR count). The Labute approximate surface area is 135 Å². The van der Waals surface area contributed by atoms with Crippen molar-refractivity contribution in [1.29, 1.82) is 5.26 Å². The summed E-state index contributed by atoms with van der Waals surface area (Å²) in [6.45, 7) is 6.74. The first-order valence-electron chi connectivity index (χ1n) is 7.17. The molecule has 6 nitrogen and oxygen atoms in total. The molecule has 1 N–H and O–H groups in total. The number of nitriles is 1. The molecule has 0 aromatic heterocycles. The lowest BCUT2D eigenvalue weighted by Crippen LogP contribution is -2.34. The molecule has 0 aliphatic rings. The van der Waals surface area contributed by atoms with Crippen LogP contribution in [0.4, 0.5) is 5.69 Å². The van der Waals surface area contributed by atoms with Gasteiger partial charge >= 0.3 is 5.97 Å². The Balaban J connectivity index is 2.51. The van der Waals surface area contributed by atoms with Crippen LogP contribution in [0.1, 0.15) is 19.4 Å². The molecule has 1 aromatic carbocycles. The van der Waals surface area contributed by atoms with Crippen LogP contribution in [0, 0.1) is 11.3 Å². The molecule has 2 atom stereocenters. The lowest BCUT2D eigenvalue weighted by atomic mass is 10.1. The summed E-state index contributed by atoms with van der Waals surface area (Å²) < 4.78 is 10.2. The second-order valence-corrected chi connectivity index (χ2v) is 4.86. The van der Waals surface area contributed by atoms with Gasteiger partial charge in [-0.15, -0.1) is 6.58 Å². The van der Waals surface area contributed by atoms with E-state index in [1.165, 1.54) is 13.0 Å². The molecule has 122 valence electrons. The third-order valence-electron chi connectivity index (χ3n) is 2.96. The Hall–Kier alpha value is -2.65. The number of nitrogens with zero attached hydrogens (tertiary/aromatic N) is 1. The molecule has 0 aliphatic carbocycles. The van der Waals surface area contributed by atoms with E-state index in [4.69, 9.17) is 14.7 Å². The smallest absolute Gasteiger partial charge is 0.335 e. The van der Waals surface area contributed by atoms with E-state index in [9.17, 15) is 9.59 Å². The molecule has 0 saturated heterocycles. The van der Waals surface area contributed by atoms with Gasteiger partial charge in [0.15, 0.2) is 12.2 Å². The molecule has 1 amide bonds. The van der Waals surface area contributed by atoms with Crippen molar-refractivity contribution in [2.24, 2.45) is 0 Å². The number of amides is 1. The fourth-order valence-corrected chi connectivity index (χ4v) is 1.65. The molecule has 0 heterocycles. The van der Waals surface area contributed by atoms with Crippen LogP contribution in [0.3, 0.4) is 0 Å². The Morgan fingerprint density at radius 1 is 1.30 bits per heavy atom. The Bertz CT molecular complexity index is 590. The van der Waals surface area contributed by atoms with E-state index in [1.54, 1.807) is 31.2 Å². The average molecular weight is 316 g/mol. The third kappa shape index (κ3) is 6.32. The van der Waals surface area contributed by atoms with Crippen LogP contribution in [-0.4, -0.2) is 30.7 Å². The minimum atomic E-state index is -0.948. The van der Waals surface area contributed by atoms with E-state index in [-0.39, 0.29) is 6.61 Å². The van der Waals surface area contributed by atoms with Crippen LogP contribution in [0.2, 0.25) is 0 Å². The van der Waals surface area contributed by atoms with Crippen molar-refractivity contribution in [2.75, 3.05) is 11.9 Å². The second kappa shape index (κ2) is 9.38. The summed E-state index contributed by atoms with van der Waals surface area (Å²) in [7, 11) is 0. The van der Waals surface area contributed by atoms with Crippen LogP contribution >= 0.6 is 0 Å². The van der Waals surface area contributed by atoms with Gasteiger partial charge in [-0.3, -0.25) is 4.79 Å². The molecular formula is C17H20N2O4. The number of anilines is 1. The lowest BCUT2D eigenvalue weighted by Gasteiger charge is -2.16. The predicted octanol–water partition coefficient (Wildman–Crippen LogP) is 2.21. The highest BCUT2D eigenvalue weighted by Crippen LogP contribution is 2.11. The summed E-state index contributed by atoms with van der Waals surface area (Å²) >= 11 is 0. The first-order chi connectivity index (χ1) is 11.0. The van der Waals surface area contributed by atoms with Gasteiger partial charge < -0.3 is 14.8 Å². The van der Waals surface area contributed by atoms with Gasteiger partial charge in [0.2, 0.25) is 0 Å². The normalized spacial score (nSPS) is 12.6. The summed E-state index contributed by atoms with van der Waals surface area (Å²) in [5.74, 6) is -1.05. The first-order valence-corrected chi connectivity index (χ1v) is 7.17. The quantitative estimate of drug-likeness (QED) is 0.587. The average Bonchev–Trinajstić information content (AvgIpc) is 2.54. The topological polar surface area (TPSA) is 88.4 Å². The van der Waals surface area contributed by atoms with Crippen molar-refractivity contribution in [2.45, 2.75) is 32.5 Å². The van der Waals surface area contributed by atoms with Gasteiger partial charge in [0.05, 0.1) is 19.1 Å². The maximum Gasteiger partial charge on any atom is 0.335 e. The number of ether oxygens (including phenoxy) is 2. The van der Waals surface area contributed by atoms with Crippen LogP contribution < -0.4 is 5.32 Å². The van der Waals surface area contributed by atoms with Crippen molar-refractivity contribution >= 4 is 17.6 Å². The maximum absolute atomic E-state index is 12.0. The molecule has 0 saturated carbocycles. The number of benzene rings is 1. The molecular weight excluding hydrogens is 296 g/mol. The van der Waals surface area contributed by atoms with Gasteiger partial charge in [0.1, 0.15) is 0 Å². The molecule has 0 aliphatic heterocycles. The highest BCUT2D eigenvalue weighted by molar-refractivity contribution is 5.95. The van der Waals surface area contributed by atoms with Crippen molar-refractivity contribution in [3.63, 3.8) is 0 Å². The number of hydrogen-bond donors (Lipinski definition) is 1. The van der Waals surface area contributed by atoms with E-state index < -0.39 is 24.1 Å². The highest BCUT2D eigenvalue weighted by atomic mass is 16.6. The standard InChI is InChI=1S/C17H20N2O4/c1-4-11-22-13(3)17(21)23-12(2)16(20)19-15-7-5-14(6-8-15)9-10-18/h4-8,12-13H,1,9,11H2,2-3H3,(H,19,20). The molecule has 23 heavy (non-hydrogen) atoms. The van der Waals surface area contributed by atoms with Crippen LogP contribution in [0.15, 0.2) is 36.9 Å². The highest BCUT2D eigenvalue weighted by Gasteiger charge is 2.22. The SMILES string of the molecule is C=CCOC(C)C(=O)OC(C)C(=O)Nc1ccc(CC#N)cc1. The maximum atomic E-state index is 12.0. The molecule has 0 radical (unpaired) electrons. The zero-order valence-electron chi connectivity index (χ0n) is 13.2. The molecule has 6 heteroatoms.